The highest BCUT2D eigenvalue weighted by Crippen LogP contribution is 2.49. The van der Waals surface area contributed by atoms with Gasteiger partial charge < -0.3 is 9.47 Å². The Morgan fingerprint density at radius 3 is 1.98 bits per heavy atom. The number of aromatic nitrogens is 1. The van der Waals surface area contributed by atoms with E-state index in [1.54, 1.807) is 0 Å². The molecule has 2 aromatic heterocycles. The molecule has 2 nitrogen and oxygen atoms in total. The molecule has 0 radical (unpaired) electrons. The standard InChI is InChI=1S/C48H32N2S/c1-2-10-35(11-3-1)49-43-15-7-4-12-37(43)40-28-33(20-25-45(40)49)34-21-26-46-41(29-34)38-13-5-8-16-44(38)50(46)36-23-18-31(19-24-36)32-22-27-48-42(30-32)39-14-6-9-17-47(39)51-48/h1-30,37,43H. The summed E-state index contributed by atoms with van der Waals surface area (Å²) in [6.45, 7) is 0. The third-order valence-corrected chi connectivity index (χ3v) is 12.1. The molecule has 0 bridgehead atoms. The van der Waals surface area contributed by atoms with Gasteiger partial charge >= 0.3 is 0 Å². The summed E-state index contributed by atoms with van der Waals surface area (Å²) in [4.78, 5) is 2.49. The van der Waals surface area contributed by atoms with Gasteiger partial charge in [0.15, 0.2) is 0 Å². The lowest BCUT2D eigenvalue weighted by atomic mass is 9.89. The molecule has 0 amide bonds. The molecule has 2 atom stereocenters. The van der Waals surface area contributed by atoms with E-state index < -0.39 is 0 Å². The first kappa shape index (κ1) is 28.7. The van der Waals surface area contributed by atoms with Crippen LogP contribution in [0, 0.1) is 0 Å². The van der Waals surface area contributed by atoms with E-state index in [0.717, 1.165) is 0 Å². The van der Waals surface area contributed by atoms with E-state index in [-0.39, 0.29) is 6.04 Å². The Hall–Kier alpha value is -6.16. The number of fused-ring (bicyclic) bond motifs is 9. The molecule has 0 saturated carbocycles. The van der Waals surface area contributed by atoms with E-state index >= 15 is 0 Å². The van der Waals surface area contributed by atoms with Gasteiger partial charge in [-0.1, -0.05) is 109 Å². The van der Waals surface area contributed by atoms with Gasteiger partial charge in [-0.05, 0) is 101 Å². The van der Waals surface area contributed by atoms with Gasteiger partial charge in [0, 0.05) is 53.9 Å². The maximum Gasteiger partial charge on any atom is 0.0629 e. The van der Waals surface area contributed by atoms with Crippen molar-refractivity contribution in [3.63, 3.8) is 0 Å². The van der Waals surface area contributed by atoms with Gasteiger partial charge in [-0.2, -0.15) is 0 Å². The highest BCUT2D eigenvalue weighted by Gasteiger charge is 2.37. The number of anilines is 2. The molecule has 2 aliphatic rings. The zero-order valence-electron chi connectivity index (χ0n) is 27.8. The minimum Gasteiger partial charge on any atom is -0.333 e. The van der Waals surface area contributed by atoms with Gasteiger partial charge in [0.05, 0.1) is 17.1 Å². The van der Waals surface area contributed by atoms with E-state index in [1.807, 2.05) is 11.3 Å². The number of nitrogens with zero attached hydrogens (tertiary/aromatic N) is 2. The van der Waals surface area contributed by atoms with Crippen molar-refractivity contribution in [1.82, 2.24) is 4.57 Å². The van der Waals surface area contributed by atoms with Crippen LogP contribution >= 0.6 is 11.3 Å². The Morgan fingerprint density at radius 1 is 0.431 bits per heavy atom. The molecule has 1 aliphatic carbocycles. The molecule has 0 fully saturated rings. The quantitative estimate of drug-likeness (QED) is 0.181. The minimum atomic E-state index is 0.285. The van der Waals surface area contributed by atoms with Crippen LogP contribution in [-0.2, 0) is 0 Å². The SMILES string of the molecule is C1=CC2c3cc(-c4ccc5c(c4)c4ccccc4n5-c4ccc(-c5ccc6sc7ccccc7c6c5)cc4)ccc3N(c3ccccc3)C2C=C1. The first-order chi connectivity index (χ1) is 25.3. The maximum atomic E-state index is 2.49. The van der Waals surface area contributed by atoms with Crippen LogP contribution in [0.1, 0.15) is 11.5 Å². The van der Waals surface area contributed by atoms with Crippen LogP contribution in [0.4, 0.5) is 11.4 Å². The number of thiophene rings is 1. The highest BCUT2D eigenvalue weighted by molar-refractivity contribution is 7.25. The minimum absolute atomic E-state index is 0.285. The van der Waals surface area contributed by atoms with Crippen molar-refractivity contribution >= 4 is 64.7 Å². The molecule has 51 heavy (non-hydrogen) atoms. The molecule has 0 N–H and O–H groups in total. The molecule has 1 aliphatic heterocycles. The average molecular weight is 669 g/mol. The molecule has 9 aromatic rings. The Kier molecular flexibility index (Phi) is 6.28. The lowest BCUT2D eigenvalue weighted by Gasteiger charge is -2.28. The maximum absolute atomic E-state index is 2.49. The zero-order valence-corrected chi connectivity index (χ0v) is 28.6. The van der Waals surface area contributed by atoms with Gasteiger partial charge in [-0.25, -0.2) is 0 Å². The average Bonchev–Trinajstić information content (AvgIpc) is 3.85. The second-order valence-corrected chi connectivity index (χ2v) is 14.8. The van der Waals surface area contributed by atoms with Crippen LogP contribution in [-0.4, -0.2) is 10.6 Å². The Bertz CT molecular complexity index is 2870. The van der Waals surface area contributed by atoms with Crippen molar-refractivity contribution in [3.05, 3.63) is 188 Å². The van der Waals surface area contributed by atoms with Crippen molar-refractivity contribution in [2.75, 3.05) is 4.90 Å². The molecule has 2 unspecified atom stereocenters. The summed E-state index contributed by atoms with van der Waals surface area (Å²) in [6, 6.07) is 58.6. The van der Waals surface area contributed by atoms with Crippen LogP contribution in [0.5, 0.6) is 0 Å². The topological polar surface area (TPSA) is 8.17 Å². The molecule has 3 heterocycles. The number of hydrogen-bond donors (Lipinski definition) is 0. The largest absolute Gasteiger partial charge is 0.333 e. The summed E-state index contributed by atoms with van der Waals surface area (Å²) in [5.74, 6) is 0.324. The van der Waals surface area contributed by atoms with Crippen LogP contribution in [0.15, 0.2) is 182 Å². The summed E-state index contributed by atoms with van der Waals surface area (Å²) in [6.07, 6.45) is 9.09. The number of benzene rings is 7. The van der Waals surface area contributed by atoms with E-state index in [2.05, 4.69) is 191 Å². The van der Waals surface area contributed by atoms with Crippen LogP contribution < -0.4 is 4.90 Å². The highest BCUT2D eigenvalue weighted by atomic mass is 32.1. The van der Waals surface area contributed by atoms with Gasteiger partial charge in [-0.15, -0.1) is 11.3 Å². The fourth-order valence-corrected chi connectivity index (χ4v) is 9.64. The van der Waals surface area contributed by atoms with Crippen molar-refractivity contribution in [1.29, 1.82) is 0 Å². The van der Waals surface area contributed by atoms with Gasteiger partial charge in [0.25, 0.3) is 0 Å². The molecular formula is C48H32N2S. The van der Waals surface area contributed by atoms with E-state index in [1.165, 1.54) is 86.9 Å². The first-order valence-electron chi connectivity index (χ1n) is 17.7. The summed E-state index contributed by atoms with van der Waals surface area (Å²) in [7, 11) is 0. The molecule has 0 saturated heterocycles. The second-order valence-electron chi connectivity index (χ2n) is 13.7. The summed E-state index contributed by atoms with van der Waals surface area (Å²) >= 11 is 1.87. The molecule has 7 aromatic carbocycles. The van der Waals surface area contributed by atoms with Gasteiger partial charge in [0.1, 0.15) is 0 Å². The lowest BCUT2D eigenvalue weighted by Crippen LogP contribution is -2.28. The Labute approximate surface area is 300 Å². The van der Waals surface area contributed by atoms with Crippen molar-refractivity contribution < 1.29 is 0 Å². The normalized spacial score (nSPS) is 16.4. The van der Waals surface area contributed by atoms with Crippen molar-refractivity contribution in [3.8, 4) is 27.9 Å². The zero-order chi connectivity index (χ0) is 33.5. The fourth-order valence-electron chi connectivity index (χ4n) is 8.55. The Balaban J connectivity index is 0.989. The third kappa shape index (κ3) is 4.42. The fraction of sp³-hybridized carbons (Fsp3) is 0.0417. The van der Waals surface area contributed by atoms with E-state index in [0.29, 0.717) is 5.92 Å². The second kappa shape index (κ2) is 11.2. The molecule has 3 heteroatoms. The monoisotopic (exact) mass is 668 g/mol. The molecule has 11 rings (SSSR count). The number of rotatable bonds is 4. The van der Waals surface area contributed by atoms with Crippen molar-refractivity contribution in [2.24, 2.45) is 0 Å². The van der Waals surface area contributed by atoms with Gasteiger partial charge in [0.2, 0.25) is 0 Å². The summed E-state index contributed by atoms with van der Waals surface area (Å²) < 4.78 is 5.09. The van der Waals surface area contributed by atoms with Gasteiger partial charge in [-0.3, -0.25) is 0 Å². The van der Waals surface area contributed by atoms with E-state index in [9.17, 15) is 0 Å². The predicted octanol–water partition coefficient (Wildman–Crippen LogP) is 13.2. The number of para-hydroxylation sites is 2. The smallest absolute Gasteiger partial charge is 0.0629 e. The molecule has 240 valence electrons. The van der Waals surface area contributed by atoms with Crippen LogP contribution in [0.3, 0.4) is 0 Å². The van der Waals surface area contributed by atoms with Crippen LogP contribution in [0.2, 0.25) is 0 Å². The van der Waals surface area contributed by atoms with E-state index in [4.69, 9.17) is 0 Å². The Morgan fingerprint density at radius 2 is 1.08 bits per heavy atom. The molecular weight excluding hydrogens is 637 g/mol. The molecule has 0 spiro atoms. The number of allylic oxidation sites excluding steroid dienone is 2. The predicted molar refractivity (Wildman–Crippen MR) is 218 cm³/mol. The first-order valence-corrected chi connectivity index (χ1v) is 18.5. The summed E-state index contributed by atoms with van der Waals surface area (Å²) in [5.41, 5.74) is 12.5. The summed E-state index contributed by atoms with van der Waals surface area (Å²) in [5, 5.41) is 5.21. The number of hydrogen-bond acceptors (Lipinski definition) is 2. The lowest BCUT2D eigenvalue weighted by molar-refractivity contribution is 0.745. The third-order valence-electron chi connectivity index (χ3n) is 10.9. The van der Waals surface area contributed by atoms with Crippen molar-refractivity contribution in [2.45, 2.75) is 12.0 Å². The van der Waals surface area contributed by atoms with Crippen LogP contribution in [0.25, 0.3) is 69.9 Å².